The molecule has 2 amide bonds. The van der Waals surface area contributed by atoms with E-state index in [0.717, 1.165) is 42.8 Å². The summed E-state index contributed by atoms with van der Waals surface area (Å²) in [5.41, 5.74) is 3.93. The van der Waals surface area contributed by atoms with E-state index < -0.39 is 0 Å². The highest BCUT2D eigenvalue weighted by Gasteiger charge is 2.34. The predicted octanol–water partition coefficient (Wildman–Crippen LogP) is 4.23. The third-order valence-electron chi connectivity index (χ3n) is 7.69. The number of anilines is 3. The van der Waals surface area contributed by atoms with Crippen molar-refractivity contribution < 1.29 is 9.59 Å². The van der Waals surface area contributed by atoms with E-state index in [1.54, 1.807) is 16.0 Å². The lowest BCUT2D eigenvalue weighted by Gasteiger charge is -2.30. The average molecular weight is 548 g/mol. The highest BCUT2D eigenvalue weighted by molar-refractivity contribution is 7.17. The van der Waals surface area contributed by atoms with Gasteiger partial charge in [0.2, 0.25) is 5.91 Å². The second kappa shape index (κ2) is 11.0. The Morgan fingerprint density at radius 1 is 1.08 bits per heavy atom. The van der Waals surface area contributed by atoms with Gasteiger partial charge in [-0.2, -0.15) is 5.10 Å². The van der Waals surface area contributed by atoms with Crippen molar-refractivity contribution in [3.63, 3.8) is 0 Å². The first-order chi connectivity index (χ1) is 18.9. The molecular weight excluding hydrogens is 510 g/mol. The SMILES string of the molecule is Cc1ccc(NC(Nc2ccn(C)n2)NC2CCc3sc(NC(=O)C4CC4)c(C(=O)NCC4CC4)c3C2)cc1. The van der Waals surface area contributed by atoms with Crippen molar-refractivity contribution in [2.24, 2.45) is 18.9 Å². The summed E-state index contributed by atoms with van der Waals surface area (Å²) in [5.74, 6) is 1.43. The molecule has 6 rings (SSSR count). The molecule has 3 aromatic rings. The van der Waals surface area contributed by atoms with Gasteiger partial charge in [0.15, 0.2) is 12.1 Å². The molecule has 1 aromatic carbocycles. The Labute approximate surface area is 233 Å². The summed E-state index contributed by atoms with van der Waals surface area (Å²) in [6.45, 7) is 2.78. The fraction of sp³-hybridized carbons (Fsp3) is 0.483. The van der Waals surface area contributed by atoms with E-state index in [1.165, 1.54) is 23.3 Å². The Hall–Kier alpha value is -3.37. The summed E-state index contributed by atoms with van der Waals surface area (Å²) in [5, 5.41) is 22.2. The highest BCUT2D eigenvalue weighted by Crippen LogP contribution is 2.40. The Kier molecular flexibility index (Phi) is 7.31. The van der Waals surface area contributed by atoms with E-state index in [9.17, 15) is 9.59 Å². The van der Waals surface area contributed by atoms with Crippen LogP contribution in [0.25, 0.3) is 0 Å². The maximum Gasteiger partial charge on any atom is 0.254 e. The summed E-state index contributed by atoms with van der Waals surface area (Å²) in [4.78, 5) is 27.3. The molecule has 0 aliphatic heterocycles. The Morgan fingerprint density at radius 3 is 2.56 bits per heavy atom. The van der Waals surface area contributed by atoms with Crippen molar-refractivity contribution in [1.82, 2.24) is 20.4 Å². The number of benzene rings is 1. The molecule has 5 N–H and O–H groups in total. The zero-order chi connectivity index (χ0) is 26.9. The second-order valence-electron chi connectivity index (χ2n) is 11.2. The monoisotopic (exact) mass is 547 g/mol. The van der Waals surface area contributed by atoms with Gasteiger partial charge in [-0.05, 0) is 75.5 Å². The van der Waals surface area contributed by atoms with Crippen molar-refractivity contribution in [3.8, 4) is 0 Å². The molecule has 2 atom stereocenters. The minimum atomic E-state index is -0.269. The number of rotatable bonds is 11. The highest BCUT2D eigenvalue weighted by atomic mass is 32.1. The fourth-order valence-corrected chi connectivity index (χ4v) is 6.32. The number of aromatic nitrogens is 2. The number of hydrogen-bond acceptors (Lipinski definition) is 7. The van der Waals surface area contributed by atoms with Crippen LogP contribution >= 0.6 is 11.3 Å². The molecule has 2 saturated carbocycles. The minimum absolute atomic E-state index is 0.0430. The molecule has 206 valence electrons. The number of nitrogens with zero attached hydrogens (tertiary/aromatic N) is 2. The van der Waals surface area contributed by atoms with Crippen molar-refractivity contribution in [1.29, 1.82) is 0 Å². The lowest BCUT2D eigenvalue weighted by atomic mass is 9.91. The van der Waals surface area contributed by atoms with E-state index in [0.29, 0.717) is 29.4 Å². The predicted molar refractivity (Wildman–Crippen MR) is 155 cm³/mol. The van der Waals surface area contributed by atoms with Crippen molar-refractivity contribution in [2.75, 3.05) is 22.5 Å². The van der Waals surface area contributed by atoms with Gasteiger partial charge in [-0.25, -0.2) is 0 Å². The van der Waals surface area contributed by atoms with Crippen LogP contribution in [0.4, 0.5) is 16.5 Å². The molecule has 2 heterocycles. The Balaban J connectivity index is 1.21. The summed E-state index contributed by atoms with van der Waals surface area (Å²) >= 11 is 1.58. The van der Waals surface area contributed by atoms with E-state index in [-0.39, 0.29) is 30.1 Å². The maximum atomic E-state index is 13.4. The van der Waals surface area contributed by atoms with Crippen molar-refractivity contribution in [3.05, 3.63) is 58.1 Å². The van der Waals surface area contributed by atoms with Gasteiger partial charge in [0.25, 0.3) is 5.91 Å². The zero-order valence-corrected chi connectivity index (χ0v) is 23.4. The van der Waals surface area contributed by atoms with E-state index in [2.05, 4.69) is 62.9 Å². The molecule has 3 aliphatic rings. The molecule has 2 unspecified atom stereocenters. The molecule has 39 heavy (non-hydrogen) atoms. The number of carbonyl (C=O) groups is 2. The number of aryl methyl sites for hydroxylation is 3. The molecule has 0 radical (unpaired) electrons. The summed E-state index contributed by atoms with van der Waals surface area (Å²) in [6.07, 6.45) is 8.38. The molecular formula is C29H37N7O2S. The third kappa shape index (κ3) is 6.45. The number of nitrogens with one attached hydrogen (secondary N) is 5. The lowest BCUT2D eigenvalue weighted by molar-refractivity contribution is -0.117. The summed E-state index contributed by atoms with van der Waals surface area (Å²) < 4.78 is 1.77. The molecule has 0 bridgehead atoms. The lowest BCUT2D eigenvalue weighted by Crippen LogP contribution is -2.50. The average Bonchev–Trinajstić information content (AvgIpc) is 3.84. The van der Waals surface area contributed by atoms with Gasteiger partial charge in [-0.3, -0.25) is 19.6 Å². The maximum absolute atomic E-state index is 13.4. The second-order valence-corrected chi connectivity index (χ2v) is 12.3. The number of thiophene rings is 1. The molecule has 9 nitrogen and oxygen atoms in total. The van der Waals surface area contributed by atoms with Crippen LogP contribution < -0.4 is 26.6 Å². The standard InChI is InChI=1S/C29H37N7O2S/c1-17-3-9-20(10-4-17)31-29(33-24-13-14-36(2)35-24)32-21-11-12-23-22(15-21)25(27(38)30-16-18-5-6-18)28(39-23)34-26(37)19-7-8-19/h3-4,9-10,13-14,18-19,21,29,31-32H,5-8,11-12,15-16H2,1-2H3,(H,30,38)(H,33,35)(H,34,37). The van der Waals surface area contributed by atoms with Crippen LogP contribution in [0.3, 0.4) is 0 Å². The minimum Gasteiger partial charge on any atom is -0.353 e. The molecule has 3 aliphatic carbocycles. The van der Waals surface area contributed by atoms with Gasteiger partial charge in [-0.1, -0.05) is 17.7 Å². The van der Waals surface area contributed by atoms with Gasteiger partial charge in [-0.15, -0.1) is 11.3 Å². The zero-order valence-electron chi connectivity index (χ0n) is 22.5. The van der Waals surface area contributed by atoms with E-state index >= 15 is 0 Å². The van der Waals surface area contributed by atoms with Crippen molar-refractivity contribution >= 4 is 39.7 Å². The largest absolute Gasteiger partial charge is 0.353 e. The molecule has 2 fully saturated rings. The number of amides is 2. The van der Waals surface area contributed by atoms with Crippen LogP contribution in [0.1, 0.15) is 58.5 Å². The summed E-state index contributed by atoms with van der Waals surface area (Å²) in [6, 6.07) is 10.4. The van der Waals surface area contributed by atoms with E-state index in [1.807, 2.05) is 19.3 Å². The first-order valence-corrected chi connectivity index (χ1v) is 14.8. The molecule has 0 saturated heterocycles. The normalized spacial score (nSPS) is 19.2. The van der Waals surface area contributed by atoms with Crippen LogP contribution in [0.15, 0.2) is 36.5 Å². The first-order valence-electron chi connectivity index (χ1n) is 14.0. The number of fused-ring (bicyclic) bond motifs is 1. The smallest absolute Gasteiger partial charge is 0.254 e. The topological polar surface area (TPSA) is 112 Å². The number of carbonyl (C=O) groups excluding carboxylic acids is 2. The molecule has 0 spiro atoms. The van der Waals surface area contributed by atoms with Crippen LogP contribution in [-0.2, 0) is 24.7 Å². The van der Waals surface area contributed by atoms with Crippen molar-refractivity contribution in [2.45, 2.75) is 64.2 Å². The van der Waals surface area contributed by atoms with Crippen LogP contribution in [-0.4, -0.2) is 40.5 Å². The van der Waals surface area contributed by atoms with Crippen LogP contribution in [0, 0.1) is 18.8 Å². The van der Waals surface area contributed by atoms with Gasteiger partial charge in [0.1, 0.15) is 5.00 Å². The van der Waals surface area contributed by atoms with Gasteiger partial charge in [0.05, 0.1) is 5.56 Å². The van der Waals surface area contributed by atoms with Crippen LogP contribution in [0.5, 0.6) is 0 Å². The Bertz CT molecular complexity index is 1340. The fourth-order valence-electron chi connectivity index (χ4n) is 5.07. The van der Waals surface area contributed by atoms with E-state index in [4.69, 9.17) is 0 Å². The first kappa shape index (κ1) is 25.9. The van der Waals surface area contributed by atoms with Gasteiger partial charge in [0, 0.05) is 48.4 Å². The van der Waals surface area contributed by atoms with Gasteiger partial charge >= 0.3 is 0 Å². The molecule has 10 heteroatoms. The number of hydrogen-bond donors (Lipinski definition) is 5. The van der Waals surface area contributed by atoms with Gasteiger partial charge < -0.3 is 21.3 Å². The molecule has 2 aromatic heterocycles. The van der Waals surface area contributed by atoms with Crippen LogP contribution in [0.2, 0.25) is 0 Å². The third-order valence-corrected chi connectivity index (χ3v) is 8.90. The Morgan fingerprint density at radius 2 is 1.87 bits per heavy atom. The quantitative estimate of drug-likeness (QED) is 0.230. The summed E-state index contributed by atoms with van der Waals surface area (Å²) in [7, 11) is 1.90.